The molecule has 0 saturated carbocycles. The van der Waals surface area contributed by atoms with Crippen LogP contribution in [-0.2, 0) is 17.9 Å². The third-order valence-corrected chi connectivity index (χ3v) is 6.14. The van der Waals surface area contributed by atoms with Crippen molar-refractivity contribution >= 4 is 18.1 Å². The number of carbonyl (C=O) groups excluding carboxylic acids is 1. The predicted molar refractivity (Wildman–Crippen MR) is 118 cm³/mol. The topological polar surface area (TPSA) is 71.7 Å². The van der Waals surface area contributed by atoms with Crippen molar-refractivity contribution in [1.29, 1.82) is 0 Å². The highest BCUT2D eigenvalue weighted by molar-refractivity contribution is 7.71. The Morgan fingerprint density at radius 2 is 2.07 bits per heavy atom. The maximum Gasteiger partial charge on any atom is 0.224 e. The van der Waals surface area contributed by atoms with Crippen LogP contribution >= 0.6 is 12.2 Å². The van der Waals surface area contributed by atoms with Gasteiger partial charge >= 0.3 is 0 Å². The molecule has 1 aliphatic rings. The summed E-state index contributed by atoms with van der Waals surface area (Å²) < 4.78 is 4.59. The molecule has 0 bridgehead atoms. The molecule has 158 valence electrons. The van der Waals surface area contributed by atoms with Crippen molar-refractivity contribution in [2.45, 2.75) is 58.7 Å². The molecule has 1 N–H and O–H groups in total. The molecule has 1 unspecified atom stereocenters. The highest BCUT2D eigenvalue weighted by atomic mass is 32.1. The summed E-state index contributed by atoms with van der Waals surface area (Å²) >= 11 is 5.43. The first kappa shape index (κ1) is 20.5. The molecule has 1 amide bonds. The number of aromatic nitrogens is 5. The van der Waals surface area contributed by atoms with E-state index in [2.05, 4.69) is 45.7 Å². The van der Waals surface area contributed by atoms with Crippen LogP contribution in [0.25, 0.3) is 11.4 Å². The zero-order valence-electron chi connectivity index (χ0n) is 17.5. The third kappa shape index (κ3) is 4.09. The second-order valence-corrected chi connectivity index (χ2v) is 8.18. The zero-order valence-corrected chi connectivity index (χ0v) is 18.4. The van der Waals surface area contributed by atoms with Crippen molar-refractivity contribution in [3.8, 4) is 11.4 Å². The number of H-pyrrole nitrogens is 1. The van der Waals surface area contributed by atoms with Crippen LogP contribution in [0.5, 0.6) is 0 Å². The number of imidazole rings is 1. The molecule has 3 heterocycles. The molecule has 0 radical (unpaired) electrons. The summed E-state index contributed by atoms with van der Waals surface area (Å²) in [6, 6.07) is 8.22. The summed E-state index contributed by atoms with van der Waals surface area (Å²) in [5.74, 6) is 1.90. The van der Waals surface area contributed by atoms with Crippen molar-refractivity contribution in [1.82, 2.24) is 29.2 Å². The van der Waals surface area contributed by atoms with Gasteiger partial charge < -0.3 is 9.47 Å². The van der Waals surface area contributed by atoms with Crippen molar-refractivity contribution in [2.75, 3.05) is 6.54 Å². The standard InChI is InChI=1S/C22H28N6OS/c1-3-26-15-12-23-21(26)18-6-4-5-13-27(18)19(29)11-14-28-20(24-25-22(28)30)17-9-7-16(2)8-10-17/h7-10,12,15,18H,3-6,11,13-14H2,1-2H3,(H,25,30). The molecule has 3 aromatic rings. The second-order valence-electron chi connectivity index (χ2n) is 7.79. The molecule has 2 aromatic heterocycles. The number of hydrogen-bond donors (Lipinski definition) is 1. The van der Waals surface area contributed by atoms with Crippen molar-refractivity contribution in [3.05, 3.63) is 52.8 Å². The van der Waals surface area contributed by atoms with E-state index in [1.54, 1.807) is 0 Å². The van der Waals surface area contributed by atoms with E-state index in [9.17, 15) is 4.79 Å². The van der Waals surface area contributed by atoms with E-state index in [0.29, 0.717) is 17.7 Å². The molecule has 0 aliphatic carbocycles. The van der Waals surface area contributed by atoms with Crippen LogP contribution in [0, 0.1) is 11.7 Å². The molecule has 0 spiro atoms. The van der Waals surface area contributed by atoms with Crippen LogP contribution in [0.3, 0.4) is 0 Å². The monoisotopic (exact) mass is 424 g/mol. The van der Waals surface area contributed by atoms with Gasteiger partial charge in [0.05, 0.1) is 6.04 Å². The summed E-state index contributed by atoms with van der Waals surface area (Å²) in [7, 11) is 0. The van der Waals surface area contributed by atoms with E-state index in [1.807, 2.05) is 34.0 Å². The Morgan fingerprint density at radius 3 is 2.83 bits per heavy atom. The predicted octanol–water partition coefficient (Wildman–Crippen LogP) is 4.28. The molecule has 1 saturated heterocycles. The van der Waals surface area contributed by atoms with Gasteiger partial charge in [-0.15, -0.1) is 0 Å². The van der Waals surface area contributed by atoms with Gasteiger partial charge in [-0.05, 0) is 45.3 Å². The smallest absolute Gasteiger partial charge is 0.224 e. The van der Waals surface area contributed by atoms with Gasteiger partial charge in [-0.25, -0.2) is 4.98 Å². The lowest BCUT2D eigenvalue weighted by Gasteiger charge is -2.35. The Kier molecular flexibility index (Phi) is 6.13. The summed E-state index contributed by atoms with van der Waals surface area (Å²) in [6.45, 7) is 6.30. The van der Waals surface area contributed by atoms with Crippen LogP contribution < -0.4 is 0 Å². The summed E-state index contributed by atoms with van der Waals surface area (Å²) in [5, 5.41) is 7.27. The molecule has 4 rings (SSSR count). The Bertz CT molecular complexity index is 1060. The van der Waals surface area contributed by atoms with E-state index >= 15 is 0 Å². The number of nitrogens with one attached hydrogen (secondary N) is 1. The van der Waals surface area contributed by atoms with E-state index in [-0.39, 0.29) is 11.9 Å². The minimum absolute atomic E-state index is 0.0510. The minimum Gasteiger partial charge on any atom is -0.333 e. The fourth-order valence-corrected chi connectivity index (χ4v) is 4.41. The fraction of sp³-hybridized carbons (Fsp3) is 0.455. The Hall–Kier alpha value is -2.74. The molecular weight excluding hydrogens is 396 g/mol. The van der Waals surface area contributed by atoms with Crippen LogP contribution in [0.2, 0.25) is 0 Å². The van der Waals surface area contributed by atoms with Crippen LogP contribution in [-0.4, -0.2) is 41.7 Å². The summed E-state index contributed by atoms with van der Waals surface area (Å²) in [5.41, 5.74) is 2.18. The number of nitrogens with zero attached hydrogens (tertiary/aromatic N) is 5. The number of rotatable bonds is 6. The molecule has 1 atom stereocenters. The number of likely N-dealkylation sites (tertiary alicyclic amines) is 1. The zero-order chi connectivity index (χ0) is 21.1. The Morgan fingerprint density at radius 1 is 1.27 bits per heavy atom. The van der Waals surface area contributed by atoms with Gasteiger partial charge in [0, 0.05) is 44.0 Å². The maximum absolute atomic E-state index is 13.2. The van der Waals surface area contributed by atoms with Gasteiger partial charge in [-0.2, -0.15) is 5.10 Å². The first-order valence-corrected chi connectivity index (χ1v) is 11.0. The van der Waals surface area contributed by atoms with E-state index < -0.39 is 0 Å². The van der Waals surface area contributed by atoms with Crippen molar-refractivity contribution in [2.24, 2.45) is 0 Å². The lowest BCUT2D eigenvalue weighted by atomic mass is 10.0. The molecule has 1 aromatic carbocycles. The quantitative estimate of drug-likeness (QED) is 0.600. The van der Waals surface area contributed by atoms with Crippen LogP contribution in [0.1, 0.15) is 50.0 Å². The van der Waals surface area contributed by atoms with Crippen LogP contribution in [0.15, 0.2) is 36.7 Å². The van der Waals surface area contributed by atoms with E-state index in [1.165, 1.54) is 5.56 Å². The minimum atomic E-state index is 0.0510. The second kappa shape index (κ2) is 8.95. The lowest BCUT2D eigenvalue weighted by molar-refractivity contribution is -0.135. The lowest BCUT2D eigenvalue weighted by Crippen LogP contribution is -2.40. The highest BCUT2D eigenvalue weighted by Crippen LogP contribution is 2.30. The number of amides is 1. The van der Waals surface area contributed by atoms with Gasteiger partial charge in [-0.3, -0.25) is 14.5 Å². The average molecular weight is 425 g/mol. The number of aromatic amines is 1. The van der Waals surface area contributed by atoms with Crippen molar-refractivity contribution in [3.63, 3.8) is 0 Å². The highest BCUT2D eigenvalue weighted by Gasteiger charge is 2.30. The van der Waals surface area contributed by atoms with Gasteiger partial charge in [0.1, 0.15) is 5.82 Å². The van der Waals surface area contributed by atoms with Gasteiger partial charge in [0.25, 0.3) is 0 Å². The van der Waals surface area contributed by atoms with Gasteiger partial charge in [0.15, 0.2) is 10.6 Å². The molecule has 30 heavy (non-hydrogen) atoms. The Labute approximate surface area is 181 Å². The maximum atomic E-state index is 13.2. The number of piperidine rings is 1. The first-order chi connectivity index (χ1) is 14.6. The average Bonchev–Trinajstić information content (AvgIpc) is 3.39. The number of hydrogen-bond acceptors (Lipinski definition) is 4. The largest absolute Gasteiger partial charge is 0.333 e. The molecular formula is C22H28N6OS. The summed E-state index contributed by atoms with van der Waals surface area (Å²) in [6.07, 6.45) is 7.32. The first-order valence-electron chi connectivity index (χ1n) is 10.6. The van der Waals surface area contributed by atoms with Crippen molar-refractivity contribution < 1.29 is 4.79 Å². The molecule has 1 aliphatic heterocycles. The van der Waals surface area contributed by atoms with Gasteiger partial charge in [0.2, 0.25) is 5.91 Å². The number of carbonyl (C=O) groups is 1. The molecule has 8 heteroatoms. The van der Waals surface area contributed by atoms with Crippen LogP contribution in [0.4, 0.5) is 0 Å². The normalized spacial score (nSPS) is 16.7. The molecule has 7 nitrogen and oxygen atoms in total. The number of benzene rings is 1. The number of aryl methyl sites for hydroxylation is 2. The third-order valence-electron chi connectivity index (χ3n) is 5.83. The summed E-state index contributed by atoms with van der Waals surface area (Å²) in [4.78, 5) is 19.8. The fourth-order valence-electron chi connectivity index (χ4n) is 4.18. The van der Waals surface area contributed by atoms with E-state index in [4.69, 9.17) is 12.2 Å². The SMILES string of the molecule is CCn1ccnc1C1CCCCN1C(=O)CCn1c(-c2ccc(C)cc2)n[nH]c1=S. The van der Waals surface area contributed by atoms with E-state index in [0.717, 1.165) is 49.6 Å². The van der Waals surface area contributed by atoms with Gasteiger partial charge in [-0.1, -0.05) is 29.8 Å². The Balaban J connectivity index is 1.51. The molecule has 1 fully saturated rings.